The summed E-state index contributed by atoms with van der Waals surface area (Å²) in [5, 5.41) is 1.14. The molecule has 0 aliphatic carbocycles. The van der Waals surface area contributed by atoms with Crippen molar-refractivity contribution in [3.8, 4) is 5.75 Å². The maximum absolute atomic E-state index is 5.74. The third-order valence-electron chi connectivity index (χ3n) is 2.24. The summed E-state index contributed by atoms with van der Waals surface area (Å²) in [4.78, 5) is 0. The second-order valence-corrected chi connectivity index (χ2v) is 3.10. The van der Waals surface area contributed by atoms with Crippen LogP contribution in [-0.4, -0.2) is 11.8 Å². The van der Waals surface area contributed by atoms with Gasteiger partial charge in [-0.05, 0) is 30.7 Å². The summed E-state index contributed by atoms with van der Waals surface area (Å²) in [7, 11) is 1.66. The number of aryl methyl sites for hydroxylation is 1. The fraction of sp³-hybridized carbons (Fsp3) is 0.200. The van der Waals surface area contributed by atoms with E-state index < -0.39 is 0 Å². The molecule has 0 saturated carbocycles. The van der Waals surface area contributed by atoms with Gasteiger partial charge in [0.05, 0.1) is 12.6 Å². The summed E-state index contributed by atoms with van der Waals surface area (Å²) in [5.41, 5.74) is 2.19. The van der Waals surface area contributed by atoms with Crippen molar-refractivity contribution in [3.05, 3.63) is 30.0 Å². The molecule has 0 aliphatic rings. The minimum absolute atomic E-state index is 0.863. The molecular weight excluding hydrogens is 164 g/mol. The average molecular weight is 176 g/mol. The van der Waals surface area contributed by atoms with E-state index in [0.29, 0.717) is 0 Å². The number of rotatable bonds is 1. The van der Waals surface area contributed by atoms with E-state index in [1.807, 2.05) is 31.3 Å². The highest BCUT2D eigenvalue weighted by Gasteiger charge is 2.03. The third kappa shape index (κ3) is 1.13. The Bertz CT molecular complexity index is 445. The SMILES string of the molecule is COc1ccc2c(c1)c(C)cn2N. The molecular formula is C10H12N2O. The Morgan fingerprint density at radius 3 is 2.85 bits per heavy atom. The number of benzene rings is 1. The first-order chi connectivity index (χ1) is 6.22. The molecule has 3 nitrogen and oxygen atoms in total. The van der Waals surface area contributed by atoms with Crippen molar-refractivity contribution in [3.63, 3.8) is 0 Å². The van der Waals surface area contributed by atoms with Crippen LogP contribution in [0.1, 0.15) is 5.56 Å². The normalized spacial score (nSPS) is 10.6. The van der Waals surface area contributed by atoms with Crippen molar-refractivity contribution in [2.24, 2.45) is 0 Å². The van der Waals surface area contributed by atoms with Crippen LogP contribution in [0.15, 0.2) is 24.4 Å². The number of ether oxygens (including phenoxy) is 1. The molecule has 1 heterocycles. The highest BCUT2D eigenvalue weighted by molar-refractivity contribution is 5.85. The highest BCUT2D eigenvalue weighted by Crippen LogP contribution is 2.23. The largest absolute Gasteiger partial charge is 0.497 e. The predicted molar refractivity (Wildman–Crippen MR) is 53.4 cm³/mol. The van der Waals surface area contributed by atoms with Gasteiger partial charge in [-0.3, -0.25) is 4.68 Å². The molecule has 0 aliphatic heterocycles. The lowest BCUT2D eigenvalue weighted by molar-refractivity contribution is 0.415. The molecule has 2 aromatic rings. The van der Waals surface area contributed by atoms with Gasteiger partial charge in [0.15, 0.2) is 0 Å². The lowest BCUT2D eigenvalue weighted by Gasteiger charge is -2.00. The van der Waals surface area contributed by atoms with Crippen molar-refractivity contribution in [2.75, 3.05) is 13.0 Å². The summed E-state index contributed by atoms with van der Waals surface area (Å²) >= 11 is 0. The fourth-order valence-electron chi connectivity index (χ4n) is 1.53. The first kappa shape index (κ1) is 7.98. The molecule has 68 valence electrons. The van der Waals surface area contributed by atoms with E-state index in [4.69, 9.17) is 10.6 Å². The maximum atomic E-state index is 5.74. The Morgan fingerprint density at radius 2 is 2.15 bits per heavy atom. The van der Waals surface area contributed by atoms with Crippen LogP contribution in [0.2, 0.25) is 0 Å². The van der Waals surface area contributed by atoms with Crippen LogP contribution >= 0.6 is 0 Å². The number of methoxy groups -OCH3 is 1. The number of aromatic nitrogens is 1. The van der Waals surface area contributed by atoms with Crippen molar-refractivity contribution < 1.29 is 4.74 Å². The van der Waals surface area contributed by atoms with Crippen LogP contribution in [0.3, 0.4) is 0 Å². The highest BCUT2D eigenvalue weighted by atomic mass is 16.5. The minimum Gasteiger partial charge on any atom is -0.497 e. The van der Waals surface area contributed by atoms with Gasteiger partial charge in [0, 0.05) is 11.6 Å². The van der Waals surface area contributed by atoms with Crippen LogP contribution in [0, 0.1) is 6.92 Å². The zero-order chi connectivity index (χ0) is 9.42. The fourth-order valence-corrected chi connectivity index (χ4v) is 1.53. The first-order valence-corrected chi connectivity index (χ1v) is 4.13. The molecule has 0 spiro atoms. The zero-order valence-electron chi connectivity index (χ0n) is 7.74. The molecule has 0 amide bonds. The van der Waals surface area contributed by atoms with Crippen LogP contribution in [0.25, 0.3) is 10.9 Å². The predicted octanol–water partition coefficient (Wildman–Crippen LogP) is 1.67. The molecule has 0 bridgehead atoms. The quantitative estimate of drug-likeness (QED) is 0.671. The molecule has 2 N–H and O–H groups in total. The number of nitrogens with zero attached hydrogens (tertiary/aromatic N) is 1. The molecule has 2 rings (SSSR count). The molecule has 1 aromatic carbocycles. The molecule has 0 unspecified atom stereocenters. The number of hydrogen-bond donors (Lipinski definition) is 1. The van der Waals surface area contributed by atoms with Crippen LogP contribution < -0.4 is 10.6 Å². The van der Waals surface area contributed by atoms with Crippen molar-refractivity contribution in [1.29, 1.82) is 0 Å². The molecule has 0 saturated heterocycles. The van der Waals surface area contributed by atoms with E-state index >= 15 is 0 Å². The second-order valence-electron chi connectivity index (χ2n) is 3.10. The van der Waals surface area contributed by atoms with Gasteiger partial charge in [0.25, 0.3) is 0 Å². The van der Waals surface area contributed by atoms with E-state index in [0.717, 1.165) is 22.2 Å². The van der Waals surface area contributed by atoms with Gasteiger partial charge in [-0.2, -0.15) is 0 Å². The lowest BCUT2D eigenvalue weighted by atomic mass is 10.2. The Kier molecular flexibility index (Phi) is 1.65. The third-order valence-corrected chi connectivity index (χ3v) is 2.24. The van der Waals surface area contributed by atoms with Gasteiger partial charge in [-0.25, -0.2) is 0 Å². The molecule has 0 fully saturated rings. The number of nitrogen functional groups attached to an aromatic ring is 1. The average Bonchev–Trinajstić information content (AvgIpc) is 2.42. The van der Waals surface area contributed by atoms with E-state index in [1.165, 1.54) is 0 Å². The first-order valence-electron chi connectivity index (χ1n) is 4.13. The minimum atomic E-state index is 0.863. The number of nitrogens with two attached hydrogens (primary N) is 1. The van der Waals surface area contributed by atoms with Gasteiger partial charge < -0.3 is 10.6 Å². The standard InChI is InChI=1S/C10H12N2O/c1-7-6-12(11)10-4-3-8(13-2)5-9(7)10/h3-6H,11H2,1-2H3. The molecule has 0 radical (unpaired) electrons. The summed E-state index contributed by atoms with van der Waals surface area (Å²) in [6, 6.07) is 5.86. The van der Waals surface area contributed by atoms with Gasteiger partial charge in [0.2, 0.25) is 0 Å². The number of fused-ring (bicyclic) bond motifs is 1. The second kappa shape index (κ2) is 2.69. The van der Waals surface area contributed by atoms with E-state index in [2.05, 4.69) is 0 Å². The monoisotopic (exact) mass is 176 g/mol. The van der Waals surface area contributed by atoms with Gasteiger partial charge in [-0.1, -0.05) is 0 Å². The summed E-state index contributed by atoms with van der Waals surface area (Å²) in [5.74, 6) is 6.61. The Balaban J connectivity index is 2.76. The van der Waals surface area contributed by atoms with Crippen LogP contribution in [-0.2, 0) is 0 Å². The maximum Gasteiger partial charge on any atom is 0.119 e. The Morgan fingerprint density at radius 1 is 1.38 bits per heavy atom. The number of hydrogen-bond acceptors (Lipinski definition) is 2. The van der Waals surface area contributed by atoms with E-state index in [9.17, 15) is 0 Å². The van der Waals surface area contributed by atoms with E-state index in [-0.39, 0.29) is 0 Å². The molecule has 13 heavy (non-hydrogen) atoms. The topological polar surface area (TPSA) is 40.2 Å². The smallest absolute Gasteiger partial charge is 0.119 e. The Labute approximate surface area is 76.7 Å². The summed E-state index contributed by atoms with van der Waals surface area (Å²) in [6.07, 6.45) is 1.91. The Hall–Kier alpha value is -1.64. The molecule has 1 aromatic heterocycles. The van der Waals surface area contributed by atoms with E-state index in [1.54, 1.807) is 11.8 Å². The molecule has 3 heteroatoms. The summed E-state index contributed by atoms with van der Waals surface area (Å²) < 4.78 is 6.77. The lowest BCUT2D eigenvalue weighted by Crippen LogP contribution is -2.04. The van der Waals surface area contributed by atoms with Crippen molar-refractivity contribution in [2.45, 2.75) is 6.92 Å². The van der Waals surface area contributed by atoms with Crippen molar-refractivity contribution in [1.82, 2.24) is 4.68 Å². The van der Waals surface area contributed by atoms with Crippen molar-refractivity contribution >= 4 is 10.9 Å². The molecule has 0 atom stereocenters. The van der Waals surface area contributed by atoms with Crippen LogP contribution in [0.5, 0.6) is 5.75 Å². The summed E-state index contributed by atoms with van der Waals surface area (Å²) in [6.45, 7) is 2.03. The van der Waals surface area contributed by atoms with Gasteiger partial charge in [-0.15, -0.1) is 0 Å². The van der Waals surface area contributed by atoms with Gasteiger partial charge >= 0.3 is 0 Å². The zero-order valence-corrected chi connectivity index (χ0v) is 7.74. The van der Waals surface area contributed by atoms with Crippen LogP contribution in [0.4, 0.5) is 0 Å². The van der Waals surface area contributed by atoms with Gasteiger partial charge in [0.1, 0.15) is 5.75 Å².